The van der Waals surface area contributed by atoms with Crippen molar-refractivity contribution in [1.29, 1.82) is 0 Å². The summed E-state index contributed by atoms with van der Waals surface area (Å²) in [7, 11) is 0.176. The third-order valence-corrected chi connectivity index (χ3v) is 2.15. The topological polar surface area (TPSA) is 3.24 Å². The molecule has 0 aliphatic rings. The molecule has 56 valence electrons. The highest BCUT2D eigenvalue weighted by atomic mass is 15.1. The van der Waals surface area contributed by atoms with Crippen LogP contribution in [0.25, 0.3) is 0 Å². The van der Waals surface area contributed by atoms with Crippen LogP contribution >= 0.6 is 0 Å². The van der Waals surface area contributed by atoms with E-state index in [1.165, 1.54) is 0 Å². The molecular formula is C7H19BN-. The second-order valence-corrected chi connectivity index (χ2v) is 3.30. The number of hydrogen-bond donors (Lipinski definition) is 0. The SMILES string of the molecule is C[BH2-]N(C(C)C)C(C)C. The van der Waals surface area contributed by atoms with Gasteiger partial charge in [0.15, 0.2) is 0 Å². The number of hydrogen-bond acceptors (Lipinski definition) is 1. The molecule has 0 saturated heterocycles. The van der Waals surface area contributed by atoms with Gasteiger partial charge in [0.25, 0.3) is 0 Å². The highest BCUT2D eigenvalue weighted by Gasteiger charge is 2.02. The molecule has 0 aliphatic heterocycles. The molecule has 0 N–H and O–H groups in total. The Hall–Kier alpha value is 0.0249. The summed E-state index contributed by atoms with van der Waals surface area (Å²) in [5.74, 6) is 0. The van der Waals surface area contributed by atoms with Crippen molar-refractivity contribution in [2.45, 2.75) is 46.6 Å². The fourth-order valence-electron chi connectivity index (χ4n) is 1.63. The normalized spacial score (nSPS) is 12.0. The first kappa shape index (κ1) is 9.02. The highest BCUT2D eigenvalue weighted by Crippen LogP contribution is 2.01. The number of nitrogens with zero attached hydrogens (tertiary/aromatic N) is 1. The molecule has 0 atom stereocenters. The lowest BCUT2D eigenvalue weighted by Crippen LogP contribution is -2.38. The van der Waals surface area contributed by atoms with Crippen LogP contribution in [0.2, 0.25) is 6.82 Å². The summed E-state index contributed by atoms with van der Waals surface area (Å²) in [6, 6.07) is 1.49. The minimum atomic E-state index is 0.176. The molecule has 0 rings (SSSR count). The van der Waals surface area contributed by atoms with E-state index in [1.807, 2.05) is 0 Å². The predicted molar refractivity (Wildman–Crippen MR) is 46.5 cm³/mol. The molecule has 1 nitrogen and oxygen atoms in total. The van der Waals surface area contributed by atoms with Crippen LogP contribution in [0.4, 0.5) is 0 Å². The quantitative estimate of drug-likeness (QED) is 0.517. The van der Waals surface area contributed by atoms with E-state index in [-0.39, 0.29) is 7.41 Å². The summed E-state index contributed by atoms with van der Waals surface area (Å²) in [4.78, 5) is 2.58. The molecule has 0 radical (unpaired) electrons. The van der Waals surface area contributed by atoms with Gasteiger partial charge in [-0.1, -0.05) is 27.7 Å². The molecule has 0 aromatic carbocycles. The van der Waals surface area contributed by atoms with E-state index in [9.17, 15) is 0 Å². The molecule has 0 bridgehead atoms. The fraction of sp³-hybridized carbons (Fsp3) is 1.00. The van der Waals surface area contributed by atoms with Gasteiger partial charge in [-0.25, -0.2) is 0 Å². The molecule has 0 spiro atoms. The van der Waals surface area contributed by atoms with Crippen LogP contribution in [-0.2, 0) is 0 Å². The van der Waals surface area contributed by atoms with E-state index in [0.29, 0.717) is 0 Å². The van der Waals surface area contributed by atoms with Gasteiger partial charge in [-0.15, -0.1) is 0 Å². The van der Waals surface area contributed by atoms with Crippen LogP contribution in [0.5, 0.6) is 0 Å². The van der Waals surface area contributed by atoms with Gasteiger partial charge >= 0.3 is 0 Å². The zero-order valence-corrected chi connectivity index (χ0v) is 7.60. The molecule has 0 aromatic heterocycles. The van der Waals surface area contributed by atoms with Gasteiger partial charge < -0.3 is 4.81 Å². The molecule has 0 amide bonds. The first-order chi connectivity index (χ1) is 4.09. The lowest BCUT2D eigenvalue weighted by atomic mass is 9.91. The molecule has 0 unspecified atom stereocenters. The Kier molecular flexibility index (Phi) is 3.95. The molecule has 0 aromatic rings. The summed E-state index contributed by atoms with van der Waals surface area (Å²) in [5, 5.41) is 0. The van der Waals surface area contributed by atoms with E-state index >= 15 is 0 Å². The lowest BCUT2D eigenvalue weighted by molar-refractivity contribution is 0.313. The molecule has 2 heteroatoms. The van der Waals surface area contributed by atoms with Crippen molar-refractivity contribution in [1.82, 2.24) is 4.81 Å². The van der Waals surface area contributed by atoms with Crippen LogP contribution in [0.3, 0.4) is 0 Å². The smallest absolute Gasteiger partial charge is 0.0286 e. The molecule has 9 heavy (non-hydrogen) atoms. The van der Waals surface area contributed by atoms with Gasteiger partial charge in [-0.2, -0.15) is 6.82 Å². The molecular weight excluding hydrogens is 109 g/mol. The zero-order chi connectivity index (χ0) is 7.44. The second-order valence-electron chi connectivity index (χ2n) is 3.30. The Labute approximate surface area is 59.7 Å². The standard InChI is InChI=1S/C7H19BN/c1-6(2)9(8-5)7(3)4/h6-7H,8H2,1-5H3/q-1. The van der Waals surface area contributed by atoms with E-state index in [1.54, 1.807) is 0 Å². The van der Waals surface area contributed by atoms with Crippen molar-refractivity contribution in [3.8, 4) is 0 Å². The summed E-state index contributed by atoms with van der Waals surface area (Å²) in [6.07, 6.45) is 0. The maximum atomic E-state index is 2.58. The maximum Gasteiger partial charge on any atom is 0.0286 e. The summed E-state index contributed by atoms with van der Waals surface area (Å²) in [5.41, 5.74) is 0. The minimum absolute atomic E-state index is 0.176. The Bertz CT molecular complexity index is 63.3. The van der Waals surface area contributed by atoms with Crippen molar-refractivity contribution in [2.24, 2.45) is 0 Å². The highest BCUT2D eigenvalue weighted by molar-refractivity contribution is 6.30. The van der Waals surface area contributed by atoms with Gasteiger partial charge in [0.05, 0.1) is 0 Å². The van der Waals surface area contributed by atoms with Crippen LogP contribution in [0.15, 0.2) is 0 Å². The Balaban J connectivity index is 3.68. The van der Waals surface area contributed by atoms with Crippen molar-refractivity contribution < 1.29 is 0 Å². The fourth-order valence-corrected chi connectivity index (χ4v) is 1.63. The Morgan fingerprint density at radius 1 is 1.00 bits per heavy atom. The molecule has 0 heterocycles. The van der Waals surface area contributed by atoms with Gasteiger partial charge in [0.2, 0.25) is 0 Å². The largest absolute Gasteiger partial charge is 0.477 e. The van der Waals surface area contributed by atoms with Crippen molar-refractivity contribution >= 4 is 7.41 Å². The van der Waals surface area contributed by atoms with Gasteiger partial charge in [-0.3, -0.25) is 0 Å². The minimum Gasteiger partial charge on any atom is -0.477 e. The third-order valence-electron chi connectivity index (χ3n) is 2.15. The average Bonchev–Trinajstić information content (AvgIpc) is 1.64. The van der Waals surface area contributed by atoms with Crippen molar-refractivity contribution in [3.05, 3.63) is 0 Å². The van der Waals surface area contributed by atoms with Gasteiger partial charge in [0.1, 0.15) is 0 Å². The number of rotatable bonds is 3. The first-order valence-corrected chi connectivity index (χ1v) is 4.27. The monoisotopic (exact) mass is 128 g/mol. The molecule has 0 saturated carbocycles. The van der Waals surface area contributed by atoms with Crippen LogP contribution in [0.1, 0.15) is 27.7 Å². The molecule has 0 fully saturated rings. The van der Waals surface area contributed by atoms with Crippen LogP contribution < -0.4 is 0 Å². The van der Waals surface area contributed by atoms with E-state index in [0.717, 1.165) is 12.1 Å². The van der Waals surface area contributed by atoms with E-state index < -0.39 is 0 Å². The van der Waals surface area contributed by atoms with Gasteiger partial charge in [0, 0.05) is 7.41 Å². The van der Waals surface area contributed by atoms with Gasteiger partial charge in [-0.05, 0) is 12.1 Å². The average molecular weight is 128 g/mol. The summed E-state index contributed by atoms with van der Waals surface area (Å²) >= 11 is 0. The maximum absolute atomic E-state index is 2.58. The predicted octanol–water partition coefficient (Wildman–Crippen LogP) is 1.24. The van der Waals surface area contributed by atoms with E-state index in [2.05, 4.69) is 39.3 Å². The second kappa shape index (κ2) is 3.94. The van der Waals surface area contributed by atoms with Crippen molar-refractivity contribution in [3.63, 3.8) is 0 Å². The van der Waals surface area contributed by atoms with Crippen LogP contribution in [-0.4, -0.2) is 24.3 Å². The lowest BCUT2D eigenvalue weighted by Gasteiger charge is -2.36. The first-order valence-electron chi connectivity index (χ1n) is 4.27. The third kappa shape index (κ3) is 2.90. The van der Waals surface area contributed by atoms with Crippen LogP contribution in [0, 0.1) is 0 Å². The Morgan fingerprint density at radius 3 is 1.33 bits per heavy atom. The Morgan fingerprint density at radius 2 is 1.33 bits per heavy atom. The summed E-state index contributed by atoms with van der Waals surface area (Å²) in [6.45, 7) is 11.4. The van der Waals surface area contributed by atoms with Crippen molar-refractivity contribution in [2.75, 3.05) is 0 Å². The zero-order valence-electron chi connectivity index (χ0n) is 7.60. The summed E-state index contributed by atoms with van der Waals surface area (Å²) < 4.78 is 0. The van der Waals surface area contributed by atoms with E-state index in [4.69, 9.17) is 0 Å². The molecule has 0 aliphatic carbocycles.